The molecule has 3 rings (SSSR count). The van der Waals surface area contributed by atoms with Gasteiger partial charge in [0.25, 0.3) is 0 Å². The number of thiophene rings is 1. The van der Waals surface area contributed by atoms with E-state index in [2.05, 4.69) is 5.32 Å². The summed E-state index contributed by atoms with van der Waals surface area (Å²) in [7, 11) is 0. The van der Waals surface area contributed by atoms with Crippen LogP contribution in [0, 0.1) is 0 Å². The van der Waals surface area contributed by atoms with Gasteiger partial charge in [0.05, 0.1) is 11.1 Å². The second kappa shape index (κ2) is 8.08. The number of carbonyl (C=O) groups excluding carboxylic acids is 2. The van der Waals surface area contributed by atoms with Crippen molar-refractivity contribution >= 4 is 40.9 Å². The van der Waals surface area contributed by atoms with Gasteiger partial charge < -0.3 is 9.73 Å². The summed E-state index contributed by atoms with van der Waals surface area (Å²) >= 11 is 1.42. The molecule has 0 atom stereocenters. The van der Waals surface area contributed by atoms with Gasteiger partial charge in [-0.15, -0.1) is 11.3 Å². The number of rotatable bonds is 6. The van der Waals surface area contributed by atoms with Gasteiger partial charge in [0.1, 0.15) is 5.76 Å². The first-order chi connectivity index (χ1) is 12.2. The van der Waals surface area contributed by atoms with Crippen LogP contribution in [0.3, 0.4) is 0 Å². The molecule has 0 aliphatic heterocycles. The fraction of sp³-hybridized carbons (Fsp3) is 0. The molecule has 124 valence electrons. The predicted molar refractivity (Wildman–Crippen MR) is 100 cm³/mol. The minimum Gasteiger partial charge on any atom is -0.465 e. The van der Waals surface area contributed by atoms with E-state index in [4.69, 9.17) is 4.42 Å². The Kier molecular flexibility index (Phi) is 5.39. The van der Waals surface area contributed by atoms with Crippen LogP contribution < -0.4 is 5.32 Å². The second-order valence-corrected chi connectivity index (χ2v) is 6.08. The van der Waals surface area contributed by atoms with E-state index in [1.54, 1.807) is 54.8 Å². The zero-order chi connectivity index (χ0) is 17.5. The van der Waals surface area contributed by atoms with Gasteiger partial charge in [-0.1, -0.05) is 24.3 Å². The van der Waals surface area contributed by atoms with E-state index < -0.39 is 0 Å². The quantitative estimate of drug-likeness (QED) is 0.509. The average Bonchev–Trinajstić information content (AvgIpc) is 3.32. The number of nitrogens with one attached hydrogen (secondary N) is 1. The van der Waals surface area contributed by atoms with Gasteiger partial charge in [-0.25, -0.2) is 0 Å². The molecular formula is C20H15NO3S. The van der Waals surface area contributed by atoms with Crippen molar-refractivity contribution in [1.82, 2.24) is 0 Å². The number of carbonyl (C=O) groups is 2. The molecule has 5 heteroatoms. The molecule has 0 spiro atoms. The maximum absolute atomic E-state index is 11.9. The molecule has 1 N–H and O–H groups in total. The van der Waals surface area contributed by atoms with Crippen molar-refractivity contribution in [3.05, 3.63) is 88.5 Å². The highest BCUT2D eigenvalue weighted by Gasteiger charge is 2.02. The topological polar surface area (TPSA) is 59.3 Å². The van der Waals surface area contributed by atoms with E-state index in [1.165, 1.54) is 17.4 Å². The highest BCUT2D eigenvalue weighted by atomic mass is 32.1. The Morgan fingerprint density at radius 1 is 0.960 bits per heavy atom. The van der Waals surface area contributed by atoms with E-state index in [1.807, 2.05) is 23.6 Å². The van der Waals surface area contributed by atoms with Crippen LogP contribution in [0.4, 0.5) is 5.69 Å². The van der Waals surface area contributed by atoms with Crippen LogP contribution in [0.25, 0.3) is 12.2 Å². The van der Waals surface area contributed by atoms with Gasteiger partial charge in [0.2, 0.25) is 5.91 Å². The molecule has 0 aliphatic rings. The first kappa shape index (κ1) is 16.7. The Balaban J connectivity index is 1.56. The first-order valence-electron chi connectivity index (χ1n) is 7.59. The van der Waals surface area contributed by atoms with Crippen molar-refractivity contribution in [2.75, 3.05) is 5.32 Å². The zero-order valence-electron chi connectivity index (χ0n) is 13.2. The fourth-order valence-electron chi connectivity index (χ4n) is 2.08. The third-order valence-corrected chi connectivity index (χ3v) is 4.20. The Bertz CT molecular complexity index is 889. The van der Waals surface area contributed by atoms with Crippen LogP contribution in [0.5, 0.6) is 0 Å². The minimum absolute atomic E-state index is 0.0181. The molecule has 3 aromatic rings. The number of hydrogen-bond donors (Lipinski definition) is 1. The van der Waals surface area contributed by atoms with E-state index in [-0.39, 0.29) is 11.7 Å². The van der Waals surface area contributed by atoms with Gasteiger partial charge in [-0.2, -0.15) is 0 Å². The van der Waals surface area contributed by atoms with Crippen LogP contribution >= 0.6 is 11.3 Å². The highest BCUT2D eigenvalue weighted by Crippen LogP contribution is 2.14. The van der Waals surface area contributed by atoms with Crippen molar-refractivity contribution in [1.29, 1.82) is 0 Å². The molecule has 1 aromatic carbocycles. The van der Waals surface area contributed by atoms with Crippen LogP contribution in [0.2, 0.25) is 0 Å². The summed E-state index contributed by atoms with van der Waals surface area (Å²) in [6, 6.07) is 14.4. The van der Waals surface area contributed by atoms with Crippen LogP contribution in [-0.2, 0) is 4.79 Å². The molecule has 0 bridgehead atoms. The molecule has 0 radical (unpaired) electrons. The summed E-state index contributed by atoms with van der Waals surface area (Å²) < 4.78 is 5.12. The summed E-state index contributed by atoms with van der Waals surface area (Å²) in [6.07, 6.45) is 7.86. The lowest BCUT2D eigenvalue weighted by molar-refractivity contribution is -0.111. The maximum atomic E-state index is 11.9. The largest absolute Gasteiger partial charge is 0.465 e. The summed E-state index contributed by atoms with van der Waals surface area (Å²) in [5.74, 6) is 0.356. The standard InChI is InChI=1S/C20H15NO3S/c22-18(19-4-2-14-25-19)11-7-15-5-8-16(9-6-15)21-20(23)12-10-17-3-1-13-24-17/h1-14H,(H,21,23)/b11-7+,12-10+. The molecular weight excluding hydrogens is 334 g/mol. The number of anilines is 1. The summed E-state index contributed by atoms with van der Waals surface area (Å²) in [5, 5.41) is 4.64. The number of amides is 1. The number of benzene rings is 1. The number of allylic oxidation sites excluding steroid dienone is 1. The molecule has 0 saturated heterocycles. The minimum atomic E-state index is -0.243. The first-order valence-corrected chi connectivity index (χ1v) is 8.47. The molecule has 0 fully saturated rings. The van der Waals surface area contributed by atoms with Crippen LogP contribution in [0.1, 0.15) is 21.0 Å². The summed E-state index contributed by atoms with van der Waals surface area (Å²) in [5.41, 5.74) is 1.56. The van der Waals surface area contributed by atoms with Crippen molar-refractivity contribution in [3.63, 3.8) is 0 Å². The lowest BCUT2D eigenvalue weighted by Crippen LogP contribution is -2.07. The molecule has 0 unspecified atom stereocenters. The number of hydrogen-bond acceptors (Lipinski definition) is 4. The predicted octanol–water partition coefficient (Wildman–Crippen LogP) is 4.89. The Morgan fingerprint density at radius 2 is 1.80 bits per heavy atom. The lowest BCUT2D eigenvalue weighted by atomic mass is 10.1. The second-order valence-electron chi connectivity index (χ2n) is 5.13. The van der Waals surface area contributed by atoms with Gasteiger partial charge >= 0.3 is 0 Å². The van der Waals surface area contributed by atoms with Crippen LogP contribution in [0.15, 0.2) is 76.7 Å². The van der Waals surface area contributed by atoms with Gasteiger partial charge in [0, 0.05) is 11.8 Å². The fourth-order valence-corrected chi connectivity index (χ4v) is 2.72. The Labute approximate surface area is 149 Å². The van der Waals surface area contributed by atoms with Crippen molar-refractivity contribution < 1.29 is 14.0 Å². The Morgan fingerprint density at radius 3 is 2.48 bits per heavy atom. The van der Waals surface area contributed by atoms with E-state index >= 15 is 0 Å². The molecule has 4 nitrogen and oxygen atoms in total. The summed E-state index contributed by atoms with van der Waals surface area (Å²) in [6.45, 7) is 0. The van der Waals surface area contributed by atoms with Gasteiger partial charge in [-0.3, -0.25) is 9.59 Å². The average molecular weight is 349 g/mol. The Hall–Kier alpha value is -3.18. The highest BCUT2D eigenvalue weighted by molar-refractivity contribution is 7.12. The van der Waals surface area contributed by atoms with E-state index in [9.17, 15) is 9.59 Å². The zero-order valence-corrected chi connectivity index (χ0v) is 14.0. The van der Waals surface area contributed by atoms with Crippen LogP contribution in [-0.4, -0.2) is 11.7 Å². The normalized spacial score (nSPS) is 11.2. The monoisotopic (exact) mass is 349 g/mol. The summed E-state index contributed by atoms with van der Waals surface area (Å²) in [4.78, 5) is 24.5. The number of ketones is 1. The smallest absolute Gasteiger partial charge is 0.248 e. The van der Waals surface area contributed by atoms with E-state index in [0.29, 0.717) is 16.3 Å². The molecule has 0 aliphatic carbocycles. The van der Waals surface area contributed by atoms with Gasteiger partial charge in [-0.05, 0) is 53.4 Å². The maximum Gasteiger partial charge on any atom is 0.248 e. The third kappa shape index (κ3) is 4.89. The lowest BCUT2D eigenvalue weighted by Gasteiger charge is -2.02. The number of furan rings is 1. The van der Waals surface area contributed by atoms with Crippen molar-refractivity contribution in [3.8, 4) is 0 Å². The molecule has 2 aromatic heterocycles. The van der Waals surface area contributed by atoms with Crippen molar-refractivity contribution in [2.24, 2.45) is 0 Å². The van der Waals surface area contributed by atoms with Crippen molar-refractivity contribution in [2.45, 2.75) is 0 Å². The molecule has 25 heavy (non-hydrogen) atoms. The molecule has 0 saturated carbocycles. The SMILES string of the molecule is O=C(/C=C/c1ccco1)Nc1ccc(/C=C/C(=O)c2cccs2)cc1. The molecule has 2 heterocycles. The third-order valence-electron chi connectivity index (χ3n) is 3.31. The van der Waals surface area contributed by atoms with Gasteiger partial charge in [0.15, 0.2) is 5.78 Å². The van der Waals surface area contributed by atoms with E-state index in [0.717, 1.165) is 5.56 Å². The molecule has 1 amide bonds.